The molecule has 1 fully saturated rings. The van der Waals surface area contributed by atoms with Crippen molar-refractivity contribution in [2.24, 2.45) is 0 Å². The zero-order valence-electron chi connectivity index (χ0n) is 12.5. The van der Waals surface area contributed by atoms with E-state index >= 15 is 0 Å². The summed E-state index contributed by atoms with van der Waals surface area (Å²) in [5.74, 6) is 0.980. The van der Waals surface area contributed by atoms with Crippen molar-refractivity contribution in [1.82, 2.24) is 15.2 Å². The van der Waals surface area contributed by atoms with Crippen molar-refractivity contribution < 1.29 is 9.90 Å². The van der Waals surface area contributed by atoms with E-state index in [1.54, 1.807) is 12.3 Å². The van der Waals surface area contributed by atoms with Gasteiger partial charge in [0.25, 0.3) is 0 Å². The van der Waals surface area contributed by atoms with Crippen molar-refractivity contribution in [3.8, 4) is 6.07 Å². The average molecular weight is 303 g/mol. The molecule has 7 heteroatoms. The van der Waals surface area contributed by atoms with Crippen LogP contribution in [0.15, 0.2) is 18.3 Å². The summed E-state index contributed by atoms with van der Waals surface area (Å²) in [5.41, 5.74) is 0.549. The molecule has 0 spiro atoms. The first-order chi connectivity index (χ1) is 10.7. The number of hydrogen-bond donors (Lipinski definition) is 2. The molecule has 2 N–H and O–H groups in total. The lowest BCUT2D eigenvalue weighted by Gasteiger charge is -2.35. The lowest BCUT2D eigenvalue weighted by molar-refractivity contribution is -0.131. The number of carbonyl (C=O) groups excluding carboxylic acids is 1. The van der Waals surface area contributed by atoms with Crippen LogP contribution in [0.25, 0.3) is 0 Å². The van der Waals surface area contributed by atoms with E-state index in [2.05, 4.69) is 21.3 Å². The van der Waals surface area contributed by atoms with E-state index in [-0.39, 0.29) is 12.5 Å². The molecule has 0 aromatic carbocycles. The summed E-state index contributed by atoms with van der Waals surface area (Å²) in [4.78, 5) is 20.3. The Kier molecular flexibility index (Phi) is 6.13. The average Bonchev–Trinajstić information content (AvgIpc) is 2.59. The Balaban J connectivity index is 1.77. The summed E-state index contributed by atoms with van der Waals surface area (Å²) in [6, 6.07) is 5.65. The molecule has 1 amide bonds. The Morgan fingerprint density at radius 2 is 2.09 bits per heavy atom. The molecule has 2 rings (SSSR count). The fraction of sp³-hybridized carbons (Fsp3) is 0.533. The number of anilines is 1. The van der Waals surface area contributed by atoms with E-state index in [1.807, 2.05) is 11.0 Å². The molecule has 0 bridgehead atoms. The van der Waals surface area contributed by atoms with Gasteiger partial charge in [0.1, 0.15) is 11.9 Å². The minimum absolute atomic E-state index is 0.0878. The van der Waals surface area contributed by atoms with Crippen LogP contribution >= 0.6 is 0 Å². The van der Waals surface area contributed by atoms with E-state index in [0.29, 0.717) is 38.2 Å². The second-order valence-electron chi connectivity index (χ2n) is 5.11. The maximum Gasteiger partial charge on any atom is 0.223 e. The van der Waals surface area contributed by atoms with E-state index < -0.39 is 0 Å². The number of hydrogen-bond acceptors (Lipinski definition) is 6. The predicted molar refractivity (Wildman–Crippen MR) is 82.3 cm³/mol. The summed E-state index contributed by atoms with van der Waals surface area (Å²) in [6.45, 7) is 4.05. The van der Waals surface area contributed by atoms with Crippen molar-refractivity contribution in [2.75, 3.05) is 50.8 Å². The molecule has 0 atom stereocenters. The second kappa shape index (κ2) is 8.32. The van der Waals surface area contributed by atoms with Crippen LogP contribution in [0.1, 0.15) is 12.0 Å². The van der Waals surface area contributed by atoms with Crippen molar-refractivity contribution in [2.45, 2.75) is 6.42 Å². The first kappa shape index (κ1) is 16.2. The highest BCUT2D eigenvalue weighted by Crippen LogP contribution is 2.14. The fourth-order valence-corrected chi connectivity index (χ4v) is 2.38. The molecular weight excluding hydrogens is 282 g/mol. The van der Waals surface area contributed by atoms with Crippen LogP contribution in [-0.2, 0) is 4.79 Å². The third-order valence-corrected chi connectivity index (χ3v) is 3.64. The molecule has 1 aromatic rings. The smallest absolute Gasteiger partial charge is 0.223 e. The van der Waals surface area contributed by atoms with Crippen LogP contribution < -0.4 is 10.2 Å². The molecule has 7 nitrogen and oxygen atoms in total. The van der Waals surface area contributed by atoms with Gasteiger partial charge in [0.2, 0.25) is 5.91 Å². The fourth-order valence-electron chi connectivity index (χ4n) is 2.38. The summed E-state index contributed by atoms with van der Waals surface area (Å²) in [5, 5.41) is 20.4. The zero-order valence-corrected chi connectivity index (χ0v) is 12.5. The first-order valence-corrected chi connectivity index (χ1v) is 7.45. The van der Waals surface area contributed by atoms with Gasteiger partial charge in [0.15, 0.2) is 0 Å². The van der Waals surface area contributed by atoms with Crippen LogP contribution in [0.3, 0.4) is 0 Å². The number of nitriles is 1. The topological polar surface area (TPSA) is 92.5 Å². The third kappa shape index (κ3) is 4.41. The number of piperazine rings is 1. The predicted octanol–water partition coefficient (Wildman–Crippen LogP) is -0.426. The van der Waals surface area contributed by atoms with Crippen LogP contribution in [0, 0.1) is 11.3 Å². The van der Waals surface area contributed by atoms with Gasteiger partial charge in [-0.25, -0.2) is 4.98 Å². The zero-order chi connectivity index (χ0) is 15.8. The summed E-state index contributed by atoms with van der Waals surface area (Å²) in [7, 11) is 0. The standard InChI is InChI=1S/C15H21N5O2/c16-11-13-1-2-14(18-12-13)19-6-8-20(9-7-19)15(22)3-4-17-5-10-21/h1-2,12,17,21H,3-10H2. The number of rotatable bonds is 6. The number of carbonyl (C=O) groups is 1. The SMILES string of the molecule is N#Cc1ccc(N2CCN(C(=O)CCNCCO)CC2)nc1. The normalized spacial score (nSPS) is 14.7. The molecular formula is C15H21N5O2. The number of nitrogens with one attached hydrogen (secondary N) is 1. The minimum Gasteiger partial charge on any atom is -0.395 e. The second-order valence-corrected chi connectivity index (χ2v) is 5.11. The molecule has 1 aromatic heterocycles. The molecule has 1 saturated heterocycles. The van der Waals surface area contributed by atoms with E-state index in [0.717, 1.165) is 18.9 Å². The molecule has 0 unspecified atom stereocenters. The van der Waals surface area contributed by atoms with Gasteiger partial charge in [-0.2, -0.15) is 5.26 Å². The van der Waals surface area contributed by atoms with Crippen molar-refractivity contribution in [3.05, 3.63) is 23.9 Å². The minimum atomic E-state index is 0.0878. The Morgan fingerprint density at radius 1 is 1.32 bits per heavy atom. The quantitative estimate of drug-likeness (QED) is 0.693. The van der Waals surface area contributed by atoms with Gasteiger partial charge >= 0.3 is 0 Å². The largest absolute Gasteiger partial charge is 0.395 e. The van der Waals surface area contributed by atoms with Gasteiger partial charge < -0.3 is 20.2 Å². The van der Waals surface area contributed by atoms with Gasteiger partial charge in [-0.15, -0.1) is 0 Å². The number of nitrogens with zero attached hydrogens (tertiary/aromatic N) is 4. The Bertz CT molecular complexity index is 518. The molecule has 1 aliphatic heterocycles. The Labute approximate surface area is 130 Å². The van der Waals surface area contributed by atoms with Crippen molar-refractivity contribution in [3.63, 3.8) is 0 Å². The molecule has 1 aliphatic rings. The van der Waals surface area contributed by atoms with E-state index in [4.69, 9.17) is 10.4 Å². The number of aliphatic hydroxyl groups excluding tert-OH is 1. The molecule has 0 radical (unpaired) electrons. The Morgan fingerprint density at radius 3 is 2.68 bits per heavy atom. The maximum atomic E-state index is 12.0. The van der Waals surface area contributed by atoms with Crippen LogP contribution in [0.2, 0.25) is 0 Å². The highest BCUT2D eigenvalue weighted by Gasteiger charge is 2.21. The van der Waals surface area contributed by atoms with E-state index in [9.17, 15) is 4.79 Å². The lowest BCUT2D eigenvalue weighted by Crippen LogP contribution is -2.49. The van der Waals surface area contributed by atoms with Crippen LogP contribution in [0.4, 0.5) is 5.82 Å². The molecule has 0 aliphatic carbocycles. The first-order valence-electron chi connectivity index (χ1n) is 7.45. The summed E-state index contributed by atoms with van der Waals surface area (Å²) >= 11 is 0. The monoisotopic (exact) mass is 303 g/mol. The summed E-state index contributed by atoms with van der Waals surface area (Å²) < 4.78 is 0. The number of amides is 1. The number of aromatic nitrogens is 1. The van der Waals surface area contributed by atoms with Crippen molar-refractivity contribution >= 4 is 11.7 Å². The molecule has 22 heavy (non-hydrogen) atoms. The Hall–Kier alpha value is -2.17. The van der Waals surface area contributed by atoms with Gasteiger partial charge in [-0.1, -0.05) is 0 Å². The summed E-state index contributed by atoms with van der Waals surface area (Å²) in [6.07, 6.45) is 2.02. The van der Waals surface area contributed by atoms with E-state index in [1.165, 1.54) is 0 Å². The van der Waals surface area contributed by atoms with Crippen LogP contribution in [-0.4, -0.2) is 66.8 Å². The highest BCUT2D eigenvalue weighted by molar-refractivity contribution is 5.76. The van der Waals surface area contributed by atoms with Gasteiger partial charge in [0.05, 0.1) is 12.2 Å². The number of pyridine rings is 1. The third-order valence-electron chi connectivity index (χ3n) is 3.64. The molecule has 0 saturated carbocycles. The molecule has 2 heterocycles. The lowest BCUT2D eigenvalue weighted by atomic mass is 10.2. The van der Waals surface area contributed by atoms with Gasteiger partial charge in [-0.05, 0) is 12.1 Å². The van der Waals surface area contributed by atoms with Crippen LogP contribution in [0.5, 0.6) is 0 Å². The van der Waals surface area contributed by atoms with Gasteiger partial charge in [0, 0.05) is 51.9 Å². The molecule has 118 valence electrons. The van der Waals surface area contributed by atoms with Gasteiger partial charge in [-0.3, -0.25) is 4.79 Å². The number of aliphatic hydroxyl groups is 1. The van der Waals surface area contributed by atoms with Crippen molar-refractivity contribution in [1.29, 1.82) is 5.26 Å². The highest BCUT2D eigenvalue weighted by atomic mass is 16.3. The maximum absolute atomic E-state index is 12.0.